The van der Waals surface area contributed by atoms with Gasteiger partial charge in [-0.1, -0.05) is 36.4 Å². The molecule has 3 rings (SSSR count). The summed E-state index contributed by atoms with van der Waals surface area (Å²) in [7, 11) is 0. The van der Waals surface area contributed by atoms with Gasteiger partial charge < -0.3 is 10.4 Å². The Hall–Kier alpha value is -1.58. The third kappa shape index (κ3) is 2.51. The maximum Gasteiger partial charge on any atom is 0.128 e. The predicted molar refractivity (Wildman–Crippen MR) is 83.1 cm³/mol. The molecule has 0 radical (unpaired) electrons. The summed E-state index contributed by atoms with van der Waals surface area (Å²) in [5, 5.41) is 16.0. The van der Waals surface area contributed by atoms with Gasteiger partial charge in [-0.15, -0.1) is 0 Å². The van der Waals surface area contributed by atoms with Crippen LogP contribution in [0.3, 0.4) is 0 Å². The standard InChI is InChI=1S/C17H22N2O/c1-13(19-11-4-9-18-10-12-19)15-8-7-14-5-2-3-6-16(14)17(15)20/h2-3,5-8,13,18,20H,4,9-12H2,1H3. The molecular weight excluding hydrogens is 248 g/mol. The minimum Gasteiger partial charge on any atom is -0.507 e. The minimum atomic E-state index is 0.250. The summed E-state index contributed by atoms with van der Waals surface area (Å²) in [6.07, 6.45) is 1.17. The van der Waals surface area contributed by atoms with Crippen LogP contribution in [0.5, 0.6) is 5.75 Å². The van der Waals surface area contributed by atoms with Gasteiger partial charge in [0, 0.05) is 30.1 Å². The molecule has 3 heteroatoms. The Morgan fingerprint density at radius 3 is 2.85 bits per heavy atom. The maximum absolute atomic E-state index is 10.6. The SMILES string of the molecule is CC(c1ccc2ccccc2c1O)N1CCCNCC1. The second-order valence-corrected chi connectivity index (χ2v) is 5.54. The molecule has 3 nitrogen and oxygen atoms in total. The fourth-order valence-corrected chi connectivity index (χ4v) is 3.06. The Kier molecular flexibility index (Phi) is 3.90. The Bertz CT molecular complexity index is 589. The van der Waals surface area contributed by atoms with E-state index < -0.39 is 0 Å². The van der Waals surface area contributed by atoms with Gasteiger partial charge in [0.15, 0.2) is 0 Å². The lowest BCUT2D eigenvalue weighted by Gasteiger charge is -2.28. The number of nitrogens with zero attached hydrogens (tertiary/aromatic N) is 1. The summed E-state index contributed by atoms with van der Waals surface area (Å²) in [4.78, 5) is 2.45. The zero-order valence-electron chi connectivity index (χ0n) is 12.0. The average molecular weight is 270 g/mol. The third-order valence-corrected chi connectivity index (χ3v) is 4.30. The third-order valence-electron chi connectivity index (χ3n) is 4.30. The zero-order chi connectivity index (χ0) is 13.9. The van der Waals surface area contributed by atoms with Gasteiger partial charge in [0.1, 0.15) is 5.75 Å². The quantitative estimate of drug-likeness (QED) is 0.881. The van der Waals surface area contributed by atoms with E-state index in [1.54, 1.807) is 0 Å². The van der Waals surface area contributed by atoms with Crippen LogP contribution in [0, 0.1) is 0 Å². The molecule has 1 unspecified atom stereocenters. The summed E-state index contributed by atoms with van der Waals surface area (Å²) >= 11 is 0. The Balaban J connectivity index is 1.94. The molecule has 106 valence electrons. The van der Waals surface area contributed by atoms with E-state index in [1.165, 1.54) is 6.42 Å². The van der Waals surface area contributed by atoms with Crippen LogP contribution in [0.15, 0.2) is 36.4 Å². The summed E-state index contributed by atoms with van der Waals surface area (Å²) in [5.74, 6) is 0.438. The van der Waals surface area contributed by atoms with E-state index in [9.17, 15) is 5.11 Å². The molecule has 0 bridgehead atoms. The first-order valence-corrected chi connectivity index (χ1v) is 7.43. The summed E-state index contributed by atoms with van der Waals surface area (Å²) in [5.41, 5.74) is 1.03. The number of nitrogens with one attached hydrogen (secondary N) is 1. The van der Waals surface area contributed by atoms with Crippen LogP contribution in [0.1, 0.15) is 24.9 Å². The van der Waals surface area contributed by atoms with Crippen molar-refractivity contribution in [2.24, 2.45) is 0 Å². The van der Waals surface area contributed by atoms with Crippen molar-refractivity contribution in [3.05, 3.63) is 42.0 Å². The summed E-state index contributed by atoms with van der Waals surface area (Å²) in [6, 6.07) is 12.4. The van der Waals surface area contributed by atoms with Gasteiger partial charge in [-0.2, -0.15) is 0 Å². The number of phenolic OH excluding ortho intramolecular Hbond substituents is 1. The van der Waals surface area contributed by atoms with Crippen LogP contribution in [0.4, 0.5) is 0 Å². The van der Waals surface area contributed by atoms with E-state index in [0.717, 1.165) is 42.5 Å². The number of phenols is 1. The lowest BCUT2D eigenvalue weighted by Crippen LogP contribution is -2.30. The van der Waals surface area contributed by atoms with Gasteiger partial charge in [0.05, 0.1) is 0 Å². The molecule has 0 spiro atoms. The number of benzene rings is 2. The van der Waals surface area contributed by atoms with Crippen LogP contribution in [-0.2, 0) is 0 Å². The molecule has 2 aromatic carbocycles. The molecule has 1 heterocycles. The normalized spacial score (nSPS) is 18.9. The van der Waals surface area contributed by atoms with Crippen molar-refractivity contribution in [1.29, 1.82) is 0 Å². The van der Waals surface area contributed by atoms with E-state index in [1.807, 2.05) is 24.3 Å². The van der Waals surface area contributed by atoms with Crippen molar-refractivity contribution in [3.63, 3.8) is 0 Å². The molecule has 20 heavy (non-hydrogen) atoms. The van der Waals surface area contributed by atoms with E-state index in [-0.39, 0.29) is 6.04 Å². The summed E-state index contributed by atoms with van der Waals surface area (Å²) in [6.45, 7) is 6.43. The Morgan fingerprint density at radius 2 is 1.95 bits per heavy atom. The van der Waals surface area contributed by atoms with Crippen molar-refractivity contribution in [3.8, 4) is 5.75 Å². The van der Waals surface area contributed by atoms with E-state index in [0.29, 0.717) is 5.75 Å². The maximum atomic E-state index is 10.6. The van der Waals surface area contributed by atoms with E-state index in [4.69, 9.17) is 0 Å². The van der Waals surface area contributed by atoms with Gasteiger partial charge in [-0.3, -0.25) is 4.90 Å². The first-order valence-electron chi connectivity index (χ1n) is 7.43. The van der Waals surface area contributed by atoms with Crippen molar-refractivity contribution < 1.29 is 5.11 Å². The highest BCUT2D eigenvalue weighted by atomic mass is 16.3. The Morgan fingerprint density at radius 1 is 1.10 bits per heavy atom. The molecule has 1 aliphatic rings. The molecule has 1 fully saturated rings. The smallest absolute Gasteiger partial charge is 0.128 e. The van der Waals surface area contributed by atoms with Gasteiger partial charge in [-0.05, 0) is 31.8 Å². The van der Waals surface area contributed by atoms with Gasteiger partial charge >= 0.3 is 0 Å². The fourth-order valence-electron chi connectivity index (χ4n) is 3.06. The van der Waals surface area contributed by atoms with Gasteiger partial charge in [0.25, 0.3) is 0 Å². The molecule has 1 atom stereocenters. The van der Waals surface area contributed by atoms with Crippen LogP contribution >= 0.6 is 0 Å². The van der Waals surface area contributed by atoms with E-state index in [2.05, 4.69) is 29.3 Å². The number of hydrogen-bond donors (Lipinski definition) is 2. The second-order valence-electron chi connectivity index (χ2n) is 5.54. The zero-order valence-corrected chi connectivity index (χ0v) is 12.0. The molecule has 1 aliphatic heterocycles. The number of fused-ring (bicyclic) bond motifs is 1. The molecule has 2 N–H and O–H groups in total. The monoisotopic (exact) mass is 270 g/mol. The minimum absolute atomic E-state index is 0.250. The topological polar surface area (TPSA) is 35.5 Å². The molecule has 1 saturated heterocycles. The van der Waals surface area contributed by atoms with Crippen molar-refractivity contribution in [2.75, 3.05) is 26.2 Å². The molecule has 0 saturated carbocycles. The molecule has 0 amide bonds. The highest BCUT2D eigenvalue weighted by molar-refractivity contribution is 5.89. The lowest BCUT2D eigenvalue weighted by molar-refractivity contribution is 0.222. The van der Waals surface area contributed by atoms with Crippen LogP contribution in [0.25, 0.3) is 10.8 Å². The van der Waals surface area contributed by atoms with Crippen molar-refractivity contribution in [1.82, 2.24) is 10.2 Å². The molecule has 2 aromatic rings. The highest BCUT2D eigenvalue weighted by Gasteiger charge is 2.20. The summed E-state index contributed by atoms with van der Waals surface area (Å²) < 4.78 is 0. The van der Waals surface area contributed by atoms with Gasteiger partial charge in [0.2, 0.25) is 0 Å². The first-order chi connectivity index (χ1) is 9.77. The highest BCUT2D eigenvalue weighted by Crippen LogP contribution is 2.34. The fraction of sp³-hybridized carbons (Fsp3) is 0.412. The molecule has 0 aromatic heterocycles. The first kappa shape index (κ1) is 13.4. The predicted octanol–water partition coefficient (Wildman–Crippen LogP) is 2.90. The van der Waals surface area contributed by atoms with Crippen LogP contribution in [0.2, 0.25) is 0 Å². The number of aromatic hydroxyl groups is 1. The number of rotatable bonds is 2. The van der Waals surface area contributed by atoms with Crippen molar-refractivity contribution >= 4 is 10.8 Å². The van der Waals surface area contributed by atoms with Crippen LogP contribution in [-0.4, -0.2) is 36.2 Å². The largest absolute Gasteiger partial charge is 0.507 e. The average Bonchev–Trinajstić information content (AvgIpc) is 2.76. The lowest BCUT2D eigenvalue weighted by atomic mass is 10.00. The van der Waals surface area contributed by atoms with E-state index >= 15 is 0 Å². The molecule has 0 aliphatic carbocycles. The molecular formula is C17H22N2O. The number of hydrogen-bond acceptors (Lipinski definition) is 3. The van der Waals surface area contributed by atoms with Crippen molar-refractivity contribution in [2.45, 2.75) is 19.4 Å². The van der Waals surface area contributed by atoms with Crippen LogP contribution < -0.4 is 5.32 Å². The van der Waals surface area contributed by atoms with Gasteiger partial charge in [-0.25, -0.2) is 0 Å². The second kappa shape index (κ2) is 5.81. The Labute approximate surface area is 120 Å².